The number of nitrogens with one attached hydrogen (secondary N) is 1. The number of nitrogens with zero attached hydrogens (tertiary/aromatic N) is 1. The predicted molar refractivity (Wildman–Crippen MR) is 76.2 cm³/mol. The number of thioether (sulfide) groups is 1. The molecule has 2 aromatic heterocycles. The second-order valence-corrected chi connectivity index (χ2v) is 5.98. The van der Waals surface area contributed by atoms with Crippen molar-refractivity contribution in [2.75, 3.05) is 0 Å². The maximum Gasteiger partial charge on any atom is 0.268 e. The number of aromatic amines is 1. The van der Waals surface area contributed by atoms with E-state index >= 15 is 0 Å². The summed E-state index contributed by atoms with van der Waals surface area (Å²) in [6, 6.07) is 5.47. The maximum atomic E-state index is 13.1. The van der Waals surface area contributed by atoms with Gasteiger partial charge in [-0.1, -0.05) is 0 Å². The smallest absolute Gasteiger partial charge is 0.268 e. The second-order valence-electron chi connectivity index (χ2n) is 4.01. The Labute approximate surface area is 120 Å². The van der Waals surface area contributed by atoms with E-state index in [0.29, 0.717) is 26.7 Å². The highest BCUT2D eigenvalue weighted by molar-refractivity contribution is 7.98. The van der Waals surface area contributed by atoms with Gasteiger partial charge in [0.05, 0.1) is 11.3 Å². The van der Waals surface area contributed by atoms with E-state index in [1.165, 1.54) is 29.2 Å². The summed E-state index contributed by atoms with van der Waals surface area (Å²) in [6.45, 7) is 0. The quantitative estimate of drug-likeness (QED) is 0.752. The van der Waals surface area contributed by atoms with Crippen LogP contribution in [0.25, 0.3) is 10.2 Å². The molecule has 0 aliphatic heterocycles. The van der Waals surface area contributed by atoms with Crippen LogP contribution in [0, 0.1) is 11.6 Å². The topological polar surface area (TPSA) is 45.8 Å². The summed E-state index contributed by atoms with van der Waals surface area (Å²) in [5, 5.41) is 1.80. The Kier molecular flexibility index (Phi) is 3.54. The van der Waals surface area contributed by atoms with Crippen LogP contribution in [0.15, 0.2) is 39.3 Å². The minimum atomic E-state index is -0.885. The van der Waals surface area contributed by atoms with Crippen molar-refractivity contribution in [1.82, 2.24) is 9.97 Å². The van der Waals surface area contributed by atoms with Crippen molar-refractivity contribution >= 4 is 33.3 Å². The summed E-state index contributed by atoms with van der Waals surface area (Å²) in [5.74, 6) is -0.868. The molecule has 0 radical (unpaired) electrons. The third-order valence-corrected chi connectivity index (χ3v) is 4.54. The number of aromatic nitrogens is 2. The number of halogens is 2. The van der Waals surface area contributed by atoms with E-state index in [9.17, 15) is 13.6 Å². The molecule has 3 rings (SSSR count). The molecule has 0 aliphatic rings. The molecule has 7 heteroatoms. The van der Waals surface area contributed by atoms with Crippen molar-refractivity contribution in [2.45, 2.75) is 10.6 Å². The number of benzene rings is 1. The van der Waals surface area contributed by atoms with Crippen LogP contribution < -0.4 is 5.56 Å². The molecular formula is C13H8F2N2OS2. The zero-order valence-electron chi connectivity index (χ0n) is 10.0. The van der Waals surface area contributed by atoms with Gasteiger partial charge in [-0.25, -0.2) is 13.8 Å². The Balaban J connectivity index is 1.82. The Morgan fingerprint density at radius 3 is 2.90 bits per heavy atom. The highest BCUT2D eigenvalue weighted by atomic mass is 32.2. The largest absolute Gasteiger partial charge is 0.309 e. The zero-order chi connectivity index (χ0) is 14.1. The second kappa shape index (κ2) is 5.34. The zero-order valence-corrected chi connectivity index (χ0v) is 11.7. The molecule has 0 bridgehead atoms. The molecule has 0 amide bonds. The van der Waals surface area contributed by atoms with Gasteiger partial charge < -0.3 is 4.98 Å². The van der Waals surface area contributed by atoms with Crippen molar-refractivity contribution in [3.63, 3.8) is 0 Å². The van der Waals surface area contributed by atoms with Gasteiger partial charge in [0.1, 0.15) is 10.5 Å². The molecule has 0 spiro atoms. The molecule has 3 aromatic rings. The van der Waals surface area contributed by atoms with Crippen LogP contribution >= 0.6 is 23.1 Å². The minimum absolute atomic E-state index is 0.175. The van der Waals surface area contributed by atoms with Gasteiger partial charge in [0.15, 0.2) is 11.6 Å². The van der Waals surface area contributed by atoms with Crippen LogP contribution in [0.2, 0.25) is 0 Å². The molecule has 0 unspecified atom stereocenters. The lowest BCUT2D eigenvalue weighted by Crippen LogP contribution is -2.09. The van der Waals surface area contributed by atoms with Crippen LogP contribution in [0.3, 0.4) is 0 Å². The lowest BCUT2D eigenvalue weighted by Gasteiger charge is -2.02. The van der Waals surface area contributed by atoms with Crippen LogP contribution in [0.1, 0.15) is 5.82 Å². The van der Waals surface area contributed by atoms with Gasteiger partial charge >= 0.3 is 0 Å². The van der Waals surface area contributed by atoms with Crippen LogP contribution in [-0.2, 0) is 5.75 Å². The van der Waals surface area contributed by atoms with Gasteiger partial charge in [0.25, 0.3) is 5.56 Å². The van der Waals surface area contributed by atoms with Crippen molar-refractivity contribution in [3.05, 3.63) is 57.5 Å². The molecule has 0 saturated carbocycles. The molecule has 0 fully saturated rings. The first kappa shape index (κ1) is 13.3. The number of hydrogen-bond donors (Lipinski definition) is 1. The summed E-state index contributed by atoms with van der Waals surface area (Å²) in [7, 11) is 0. The van der Waals surface area contributed by atoms with Crippen LogP contribution in [0.4, 0.5) is 8.78 Å². The van der Waals surface area contributed by atoms with Crippen molar-refractivity contribution in [2.24, 2.45) is 0 Å². The summed E-state index contributed by atoms with van der Waals surface area (Å²) >= 11 is 2.62. The normalized spacial score (nSPS) is 11.1. The lowest BCUT2D eigenvalue weighted by molar-refractivity contribution is 0.506. The van der Waals surface area contributed by atoms with Crippen LogP contribution in [0.5, 0.6) is 0 Å². The Morgan fingerprint density at radius 1 is 1.25 bits per heavy atom. The molecule has 3 nitrogen and oxygen atoms in total. The molecule has 102 valence electrons. The third-order valence-electron chi connectivity index (χ3n) is 2.63. The molecule has 1 aromatic carbocycles. The SMILES string of the molecule is O=c1[nH]c(CSc2ccc(F)c(F)c2)nc2ccsc12. The molecule has 20 heavy (non-hydrogen) atoms. The van der Waals surface area contributed by atoms with Crippen molar-refractivity contribution < 1.29 is 8.78 Å². The van der Waals surface area contributed by atoms with Gasteiger partial charge in [-0.05, 0) is 29.6 Å². The van der Waals surface area contributed by atoms with E-state index < -0.39 is 11.6 Å². The van der Waals surface area contributed by atoms with E-state index in [-0.39, 0.29) is 5.56 Å². The Bertz CT molecular complexity index is 829. The monoisotopic (exact) mass is 310 g/mol. The summed E-state index contributed by atoms with van der Waals surface area (Å²) in [6.07, 6.45) is 0. The summed E-state index contributed by atoms with van der Waals surface area (Å²) in [4.78, 5) is 19.4. The van der Waals surface area contributed by atoms with E-state index in [2.05, 4.69) is 9.97 Å². The Hall–Kier alpha value is -1.73. The average molecular weight is 310 g/mol. The van der Waals surface area contributed by atoms with E-state index in [1.807, 2.05) is 0 Å². The molecule has 0 saturated heterocycles. The number of hydrogen-bond acceptors (Lipinski definition) is 4. The van der Waals surface area contributed by atoms with Gasteiger partial charge in [0, 0.05) is 4.90 Å². The fourth-order valence-electron chi connectivity index (χ4n) is 1.71. The first-order valence-corrected chi connectivity index (χ1v) is 7.54. The highest BCUT2D eigenvalue weighted by Crippen LogP contribution is 2.23. The van der Waals surface area contributed by atoms with Crippen molar-refractivity contribution in [1.29, 1.82) is 0 Å². The van der Waals surface area contributed by atoms with E-state index in [0.717, 1.165) is 12.1 Å². The predicted octanol–water partition coefficient (Wildman–Crippen LogP) is 3.56. The first-order chi connectivity index (χ1) is 9.63. The molecule has 1 N–H and O–H groups in total. The summed E-state index contributed by atoms with van der Waals surface area (Å²) < 4.78 is 26.5. The molecule has 0 atom stereocenters. The number of H-pyrrole nitrogens is 1. The van der Waals surface area contributed by atoms with Crippen LogP contribution in [-0.4, -0.2) is 9.97 Å². The third kappa shape index (κ3) is 2.59. The summed E-state index contributed by atoms with van der Waals surface area (Å²) in [5.41, 5.74) is 0.477. The molecule has 2 heterocycles. The van der Waals surface area contributed by atoms with E-state index in [1.54, 1.807) is 11.4 Å². The fourth-order valence-corrected chi connectivity index (χ4v) is 3.23. The number of rotatable bonds is 3. The number of fused-ring (bicyclic) bond motifs is 1. The number of thiophene rings is 1. The fraction of sp³-hybridized carbons (Fsp3) is 0.0769. The molecule has 0 aliphatic carbocycles. The van der Waals surface area contributed by atoms with Gasteiger partial charge in [-0.15, -0.1) is 23.1 Å². The van der Waals surface area contributed by atoms with Gasteiger partial charge in [-0.2, -0.15) is 0 Å². The van der Waals surface area contributed by atoms with Gasteiger partial charge in [0.2, 0.25) is 0 Å². The lowest BCUT2D eigenvalue weighted by atomic mass is 10.3. The Morgan fingerprint density at radius 2 is 2.10 bits per heavy atom. The minimum Gasteiger partial charge on any atom is -0.309 e. The van der Waals surface area contributed by atoms with E-state index in [4.69, 9.17) is 0 Å². The maximum absolute atomic E-state index is 13.1. The standard InChI is InChI=1S/C13H8F2N2OS2/c14-8-2-1-7(5-9(8)15)20-6-11-16-10-3-4-19-12(10)13(18)17-11/h1-5H,6H2,(H,16,17,18). The van der Waals surface area contributed by atoms with Gasteiger partial charge in [-0.3, -0.25) is 4.79 Å². The average Bonchev–Trinajstić information content (AvgIpc) is 2.89. The first-order valence-electron chi connectivity index (χ1n) is 5.68. The molecular weight excluding hydrogens is 302 g/mol. The van der Waals surface area contributed by atoms with Crippen molar-refractivity contribution in [3.8, 4) is 0 Å². The highest BCUT2D eigenvalue weighted by Gasteiger charge is 2.07.